The van der Waals surface area contributed by atoms with Crippen LogP contribution in [0.2, 0.25) is 0 Å². The van der Waals surface area contributed by atoms with Crippen molar-refractivity contribution in [2.45, 2.75) is 39.7 Å². The fourth-order valence-electron chi connectivity index (χ4n) is 2.03. The van der Waals surface area contributed by atoms with Crippen LogP contribution in [0.4, 0.5) is 0 Å². The van der Waals surface area contributed by atoms with E-state index in [4.69, 9.17) is 0 Å². The van der Waals surface area contributed by atoms with Gasteiger partial charge in [0.25, 0.3) is 0 Å². The van der Waals surface area contributed by atoms with Gasteiger partial charge in [-0.2, -0.15) is 0 Å². The second kappa shape index (κ2) is 2.63. The lowest BCUT2D eigenvalue weighted by Crippen LogP contribution is -2.13. The molecule has 1 nitrogen and oxygen atoms in total. The Labute approximate surface area is 69.1 Å². The van der Waals surface area contributed by atoms with Crippen LogP contribution in [-0.4, -0.2) is 11.2 Å². The van der Waals surface area contributed by atoms with E-state index >= 15 is 0 Å². The van der Waals surface area contributed by atoms with Gasteiger partial charge >= 0.3 is 0 Å². The van der Waals surface area contributed by atoms with Crippen molar-refractivity contribution in [3.05, 3.63) is 12.2 Å². The topological polar surface area (TPSA) is 20.2 Å². The van der Waals surface area contributed by atoms with E-state index in [1.165, 1.54) is 0 Å². The molecule has 0 aromatic heterocycles. The lowest BCUT2D eigenvalue weighted by molar-refractivity contribution is 0.141. The molecule has 0 spiro atoms. The molecule has 1 rings (SSSR count). The van der Waals surface area contributed by atoms with Crippen molar-refractivity contribution in [1.82, 2.24) is 0 Å². The molecule has 1 heteroatoms. The third-order valence-electron chi connectivity index (χ3n) is 2.63. The van der Waals surface area contributed by atoms with E-state index in [2.05, 4.69) is 20.4 Å². The first-order valence-corrected chi connectivity index (χ1v) is 4.26. The van der Waals surface area contributed by atoms with Crippen LogP contribution in [-0.2, 0) is 0 Å². The molecular formula is C10H18O. The average Bonchev–Trinajstić information content (AvgIpc) is 2.05. The van der Waals surface area contributed by atoms with Gasteiger partial charge in [-0.15, -0.1) is 0 Å². The molecule has 1 saturated carbocycles. The summed E-state index contributed by atoms with van der Waals surface area (Å²) in [5.41, 5.74) is 1.44. The molecule has 0 radical (unpaired) electrons. The summed E-state index contributed by atoms with van der Waals surface area (Å²) in [7, 11) is 0. The zero-order valence-electron chi connectivity index (χ0n) is 7.72. The Kier molecular flexibility index (Phi) is 2.10. The maximum atomic E-state index is 9.63. The van der Waals surface area contributed by atoms with Crippen LogP contribution < -0.4 is 0 Å². The number of hydrogen-bond acceptors (Lipinski definition) is 1. The van der Waals surface area contributed by atoms with E-state index in [-0.39, 0.29) is 6.10 Å². The molecule has 0 bridgehead atoms. The standard InChI is InChI=1S/C10H18O/c1-7(2)8-5-10(3,4)6-9(8)11/h8-9,11H,1,5-6H2,2-4H3. The molecule has 2 atom stereocenters. The Hall–Kier alpha value is -0.300. The molecule has 0 aliphatic heterocycles. The maximum absolute atomic E-state index is 9.63. The minimum atomic E-state index is -0.150. The van der Waals surface area contributed by atoms with Crippen molar-refractivity contribution in [2.75, 3.05) is 0 Å². The first-order valence-electron chi connectivity index (χ1n) is 4.26. The van der Waals surface area contributed by atoms with Crippen LogP contribution in [0.5, 0.6) is 0 Å². The van der Waals surface area contributed by atoms with Crippen molar-refractivity contribution in [2.24, 2.45) is 11.3 Å². The van der Waals surface area contributed by atoms with Crippen LogP contribution in [0.15, 0.2) is 12.2 Å². The summed E-state index contributed by atoms with van der Waals surface area (Å²) < 4.78 is 0. The Balaban J connectivity index is 2.66. The summed E-state index contributed by atoms with van der Waals surface area (Å²) in [5.74, 6) is 0.338. The summed E-state index contributed by atoms with van der Waals surface area (Å²) in [6, 6.07) is 0. The van der Waals surface area contributed by atoms with Crippen LogP contribution >= 0.6 is 0 Å². The number of rotatable bonds is 1. The van der Waals surface area contributed by atoms with Gasteiger partial charge in [0.2, 0.25) is 0 Å². The van der Waals surface area contributed by atoms with Gasteiger partial charge in [-0.3, -0.25) is 0 Å². The summed E-state index contributed by atoms with van der Waals surface area (Å²) in [4.78, 5) is 0. The number of aliphatic hydroxyl groups excluding tert-OH is 1. The van der Waals surface area contributed by atoms with Crippen LogP contribution in [0.25, 0.3) is 0 Å². The van der Waals surface area contributed by atoms with E-state index in [0.717, 1.165) is 18.4 Å². The van der Waals surface area contributed by atoms with Crippen molar-refractivity contribution in [3.8, 4) is 0 Å². The van der Waals surface area contributed by atoms with Crippen molar-refractivity contribution >= 4 is 0 Å². The summed E-state index contributed by atoms with van der Waals surface area (Å²) in [6.45, 7) is 10.3. The molecule has 0 amide bonds. The highest BCUT2D eigenvalue weighted by Crippen LogP contribution is 2.43. The lowest BCUT2D eigenvalue weighted by Gasteiger charge is -2.16. The van der Waals surface area contributed by atoms with Gasteiger partial charge in [-0.05, 0) is 25.2 Å². The van der Waals surface area contributed by atoms with E-state index in [9.17, 15) is 5.11 Å². The lowest BCUT2D eigenvalue weighted by atomic mass is 9.89. The fourth-order valence-corrected chi connectivity index (χ4v) is 2.03. The van der Waals surface area contributed by atoms with E-state index in [0.29, 0.717) is 11.3 Å². The second-order valence-corrected chi connectivity index (χ2v) is 4.59. The van der Waals surface area contributed by atoms with Gasteiger partial charge in [-0.1, -0.05) is 26.0 Å². The van der Waals surface area contributed by atoms with Gasteiger partial charge in [0, 0.05) is 5.92 Å². The molecule has 1 N–H and O–H groups in total. The van der Waals surface area contributed by atoms with Crippen molar-refractivity contribution in [3.63, 3.8) is 0 Å². The molecule has 11 heavy (non-hydrogen) atoms. The van der Waals surface area contributed by atoms with Gasteiger partial charge < -0.3 is 5.11 Å². The monoisotopic (exact) mass is 154 g/mol. The fraction of sp³-hybridized carbons (Fsp3) is 0.800. The molecule has 0 aromatic rings. The number of hydrogen-bond donors (Lipinski definition) is 1. The van der Waals surface area contributed by atoms with Crippen LogP contribution in [0.1, 0.15) is 33.6 Å². The zero-order chi connectivity index (χ0) is 8.65. The quantitative estimate of drug-likeness (QED) is 0.575. The first kappa shape index (κ1) is 8.79. The van der Waals surface area contributed by atoms with E-state index in [1.807, 2.05) is 6.92 Å². The largest absolute Gasteiger partial charge is 0.392 e. The van der Waals surface area contributed by atoms with E-state index in [1.54, 1.807) is 0 Å². The molecule has 1 aliphatic rings. The number of aliphatic hydroxyl groups is 1. The average molecular weight is 154 g/mol. The van der Waals surface area contributed by atoms with Crippen molar-refractivity contribution < 1.29 is 5.11 Å². The van der Waals surface area contributed by atoms with Gasteiger partial charge in [0.1, 0.15) is 0 Å². The predicted octanol–water partition coefficient (Wildman–Crippen LogP) is 2.36. The Morgan fingerprint density at radius 1 is 1.45 bits per heavy atom. The maximum Gasteiger partial charge on any atom is 0.0610 e. The molecule has 0 heterocycles. The molecule has 2 unspecified atom stereocenters. The zero-order valence-corrected chi connectivity index (χ0v) is 7.72. The third-order valence-corrected chi connectivity index (χ3v) is 2.63. The smallest absolute Gasteiger partial charge is 0.0610 e. The van der Waals surface area contributed by atoms with Gasteiger partial charge in [0.05, 0.1) is 6.10 Å². The summed E-state index contributed by atoms with van der Waals surface area (Å²) >= 11 is 0. The predicted molar refractivity (Wildman–Crippen MR) is 47.3 cm³/mol. The second-order valence-electron chi connectivity index (χ2n) is 4.59. The Bertz CT molecular complexity index is 170. The normalized spacial score (nSPS) is 35.6. The highest BCUT2D eigenvalue weighted by Gasteiger charge is 2.38. The molecule has 64 valence electrons. The third kappa shape index (κ3) is 1.84. The minimum Gasteiger partial charge on any atom is -0.392 e. The van der Waals surface area contributed by atoms with E-state index < -0.39 is 0 Å². The highest BCUT2D eigenvalue weighted by atomic mass is 16.3. The highest BCUT2D eigenvalue weighted by molar-refractivity contribution is 5.05. The van der Waals surface area contributed by atoms with Gasteiger partial charge in [0.15, 0.2) is 0 Å². The van der Waals surface area contributed by atoms with Crippen LogP contribution in [0.3, 0.4) is 0 Å². The summed E-state index contributed by atoms with van der Waals surface area (Å²) in [5, 5.41) is 9.63. The Morgan fingerprint density at radius 2 is 2.00 bits per heavy atom. The Morgan fingerprint density at radius 3 is 2.18 bits per heavy atom. The molecule has 0 aromatic carbocycles. The molecule has 1 fully saturated rings. The summed E-state index contributed by atoms with van der Waals surface area (Å²) in [6.07, 6.45) is 1.86. The minimum absolute atomic E-state index is 0.150. The van der Waals surface area contributed by atoms with Crippen LogP contribution in [0, 0.1) is 11.3 Å². The van der Waals surface area contributed by atoms with Crippen molar-refractivity contribution in [1.29, 1.82) is 0 Å². The SMILES string of the molecule is C=C(C)C1CC(C)(C)CC1O. The first-order chi connectivity index (χ1) is 4.92. The molecular weight excluding hydrogens is 136 g/mol. The molecule has 1 aliphatic carbocycles. The van der Waals surface area contributed by atoms with Gasteiger partial charge in [-0.25, -0.2) is 0 Å². The molecule has 0 saturated heterocycles.